The molecule has 24 heavy (non-hydrogen) atoms. The van der Waals surface area contributed by atoms with Gasteiger partial charge in [0, 0.05) is 0 Å². The average molecular weight is 337 g/mol. The van der Waals surface area contributed by atoms with Crippen molar-refractivity contribution < 1.29 is 27.9 Å². The highest BCUT2D eigenvalue weighted by molar-refractivity contribution is 5.96. The molecular weight excluding hydrogens is 323 g/mol. The first-order valence-electron chi connectivity index (χ1n) is 7.03. The molecule has 0 radical (unpaired) electrons. The molecule has 0 saturated carbocycles. The third-order valence-electron chi connectivity index (χ3n) is 3.36. The van der Waals surface area contributed by atoms with Gasteiger partial charge in [0.2, 0.25) is 0 Å². The maximum atomic E-state index is 13.0. The van der Waals surface area contributed by atoms with Crippen molar-refractivity contribution in [3.8, 4) is 0 Å². The number of hydrogen-bond donors (Lipinski definition) is 2. The number of halogens is 3. The van der Waals surface area contributed by atoms with E-state index < -0.39 is 41.6 Å². The summed E-state index contributed by atoms with van der Waals surface area (Å²) in [7, 11) is 0. The predicted octanol–water partition coefficient (Wildman–Crippen LogP) is 3.65. The molecule has 0 aliphatic rings. The molecule has 0 aliphatic heterocycles. The molecule has 0 bridgehead atoms. The van der Waals surface area contributed by atoms with Gasteiger partial charge in [0.25, 0.3) is 5.91 Å². The Balaban J connectivity index is 2.31. The number of hydrogen-bond acceptors (Lipinski definition) is 2. The lowest BCUT2D eigenvalue weighted by atomic mass is 10.0. The third kappa shape index (κ3) is 4.34. The van der Waals surface area contributed by atoms with E-state index in [0.29, 0.717) is 5.56 Å². The summed E-state index contributed by atoms with van der Waals surface area (Å²) < 4.78 is 39.0. The van der Waals surface area contributed by atoms with E-state index in [-0.39, 0.29) is 0 Å². The van der Waals surface area contributed by atoms with Gasteiger partial charge in [0.15, 0.2) is 0 Å². The Kier molecular flexibility index (Phi) is 5.23. The van der Waals surface area contributed by atoms with Gasteiger partial charge in [0.05, 0.1) is 23.6 Å². The van der Waals surface area contributed by atoms with Crippen LogP contribution in [0, 0.1) is 0 Å². The predicted molar refractivity (Wildman–Crippen MR) is 80.3 cm³/mol. The number of rotatable bonds is 5. The number of benzene rings is 2. The molecule has 1 amide bonds. The van der Waals surface area contributed by atoms with Crippen molar-refractivity contribution >= 4 is 11.9 Å². The van der Waals surface area contributed by atoms with E-state index in [1.165, 1.54) is 12.1 Å². The van der Waals surface area contributed by atoms with Crippen LogP contribution in [0.2, 0.25) is 0 Å². The van der Waals surface area contributed by atoms with Crippen molar-refractivity contribution in [3.63, 3.8) is 0 Å². The first-order valence-corrected chi connectivity index (χ1v) is 7.03. The minimum Gasteiger partial charge on any atom is -0.481 e. The Morgan fingerprint density at radius 3 is 2.17 bits per heavy atom. The highest BCUT2D eigenvalue weighted by Crippen LogP contribution is 2.32. The third-order valence-corrected chi connectivity index (χ3v) is 3.36. The van der Waals surface area contributed by atoms with E-state index in [4.69, 9.17) is 5.11 Å². The maximum absolute atomic E-state index is 13.0. The fourth-order valence-electron chi connectivity index (χ4n) is 2.28. The fraction of sp³-hybridized carbons (Fsp3) is 0.176. The van der Waals surface area contributed by atoms with Gasteiger partial charge in [-0.1, -0.05) is 42.5 Å². The molecule has 0 fully saturated rings. The van der Waals surface area contributed by atoms with E-state index in [0.717, 1.165) is 12.1 Å². The van der Waals surface area contributed by atoms with Crippen LogP contribution >= 0.6 is 0 Å². The number of carbonyl (C=O) groups excluding carboxylic acids is 1. The summed E-state index contributed by atoms with van der Waals surface area (Å²) in [4.78, 5) is 23.3. The standard InChI is InChI=1S/C17H14F3NO3/c18-17(19,20)13-9-5-4-8-12(13)16(24)21-14(10-15(22)23)11-6-2-1-3-7-11/h1-9,14H,10H2,(H,21,24)(H,22,23)/t14-/m1/s1. The van der Waals surface area contributed by atoms with Crippen LogP contribution in [0.5, 0.6) is 0 Å². The van der Waals surface area contributed by atoms with Crippen molar-refractivity contribution in [2.45, 2.75) is 18.6 Å². The second kappa shape index (κ2) is 7.16. The number of carboxylic acid groups (broad SMARTS) is 1. The largest absolute Gasteiger partial charge is 0.481 e. The van der Waals surface area contributed by atoms with Crippen LogP contribution in [0.15, 0.2) is 54.6 Å². The first-order chi connectivity index (χ1) is 11.3. The van der Waals surface area contributed by atoms with Crippen LogP contribution < -0.4 is 5.32 Å². The van der Waals surface area contributed by atoms with E-state index in [1.807, 2.05) is 0 Å². The highest BCUT2D eigenvalue weighted by atomic mass is 19.4. The van der Waals surface area contributed by atoms with Gasteiger partial charge in [-0.15, -0.1) is 0 Å². The van der Waals surface area contributed by atoms with Crippen molar-refractivity contribution in [3.05, 3.63) is 71.3 Å². The topological polar surface area (TPSA) is 66.4 Å². The molecule has 0 aliphatic carbocycles. The van der Waals surface area contributed by atoms with Gasteiger partial charge >= 0.3 is 12.1 Å². The molecule has 7 heteroatoms. The molecule has 2 N–H and O–H groups in total. The normalized spacial score (nSPS) is 12.5. The fourth-order valence-corrected chi connectivity index (χ4v) is 2.28. The van der Waals surface area contributed by atoms with Gasteiger partial charge in [-0.2, -0.15) is 13.2 Å². The quantitative estimate of drug-likeness (QED) is 0.875. The van der Waals surface area contributed by atoms with E-state index in [2.05, 4.69) is 5.32 Å². The average Bonchev–Trinajstić information content (AvgIpc) is 2.54. The Morgan fingerprint density at radius 2 is 1.58 bits per heavy atom. The summed E-state index contributed by atoms with van der Waals surface area (Å²) >= 11 is 0. The van der Waals surface area contributed by atoms with Gasteiger partial charge < -0.3 is 10.4 Å². The Bertz CT molecular complexity index is 729. The summed E-state index contributed by atoms with van der Waals surface area (Å²) in [5.41, 5.74) is -1.11. The van der Waals surface area contributed by atoms with E-state index >= 15 is 0 Å². The monoisotopic (exact) mass is 337 g/mol. The van der Waals surface area contributed by atoms with E-state index in [1.54, 1.807) is 30.3 Å². The molecule has 0 heterocycles. The SMILES string of the molecule is O=C(O)C[C@@H](NC(=O)c1ccccc1C(F)(F)F)c1ccccc1. The molecule has 2 aromatic rings. The molecule has 126 valence electrons. The highest BCUT2D eigenvalue weighted by Gasteiger charge is 2.35. The number of amides is 1. The van der Waals surface area contributed by atoms with Crippen molar-refractivity contribution in [1.82, 2.24) is 5.32 Å². The number of aliphatic carboxylic acids is 1. The molecular formula is C17H14F3NO3. The summed E-state index contributed by atoms with van der Waals surface area (Å²) in [5, 5.41) is 11.4. The van der Waals surface area contributed by atoms with Crippen LogP contribution in [0.3, 0.4) is 0 Å². The molecule has 2 rings (SSSR count). The minimum atomic E-state index is -4.68. The van der Waals surface area contributed by atoms with Crippen LogP contribution in [0.4, 0.5) is 13.2 Å². The second-order valence-corrected chi connectivity index (χ2v) is 5.08. The van der Waals surface area contributed by atoms with Crippen molar-refractivity contribution in [1.29, 1.82) is 0 Å². The lowest BCUT2D eigenvalue weighted by molar-refractivity contribution is -0.139. The van der Waals surface area contributed by atoms with Crippen LogP contribution in [-0.4, -0.2) is 17.0 Å². The molecule has 0 unspecified atom stereocenters. The summed E-state index contributed by atoms with van der Waals surface area (Å²) in [5.74, 6) is -2.15. The molecule has 0 spiro atoms. The Hall–Kier alpha value is -2.83. The zero-order valence-corrected chi connectivity index (χ0v) is 12.4. The van der Waals surface area contributed by atoms with Crippen LogP contribution in [0.1, 0.15) is 33.9 Å². The van der Waals surface area contributed by atoms with Crippen LogP contribution in [0.25, 0.3) is 0 Å². The lowest BCUT2D eigenvalue weighted by Crippen LogP contribution is -2.31. The summed E-state index contributed by atoms with van der Waals surface area (Å²) in [6.45, 7) is 0. The van der Waals surface area contributed by atoms with Gasteiger partial charge in [0.1, 0.15) is 0 Å². The smallest absolute Gasteiger partial charge is 0.417 e. The number of carboxylic acids is 1. The zero-order valence-electron chi connectivity index (χ0n) is 12.4. The Morgan fingerprint density at radius 1 is 1.00 bits per heavy atom. The summed E-state index contributed by atoms with van der Waals surface area (Å²) in [6.07, 6.45) is -5.12. The van der Waals surface area contributed by atoms with Gasteiger partial charge in [-0.25, -0.2) is 0 Å². The number of carbonyl (C=O) groups is 2. The molecule has 0 saturated heterocycles. The molecule has 4 nitrogen and oxygen atoms in total. The molecule has 0 aromatic heterocycles. The zero-order chi connectivity index (χ0) is 17.7. The second-order valence-electron chi connectivity index (χ2n) is 5.08. The summed E-state index contributed by atoms with van der Waals surface area (Å²) in [6, 6.07) is 11.7. The molecule has 1 atom stereocenters. The number of nitrogens with one attached hydrogen (secondary N) is 1. The first kappa shape index (κ1) is 17.5. The van der Waals surface area contributed by atoms with Crippen molar-refractivity contribution in [2.75, 3.05) is 0 Å². The van der Waals surface area contributed by atoms with Crippen LogP contribution in [-0.2, 0) is 11.0 Å². The number of alkyl halides is 3. The lowest BCUT2D eigenvalue weighted by Gasteiger charge is -2.19. The van der Waals surface area contributed by atoms with E-state index in [9.17, 15) is 22.8 Å². The minimum absolute atomic E-state index is 0.441. The Labute approximate surface area is 135 Å². The van der Waals surface area contributed by atoms with Gasteiger partial charge in [-0.3, -0.25) is 9.59 Å². The molecule has 2 aromatic carbocycles. The van der Waals surface area contributed by atoms with Crippen molar-refractivity contribution in [2.24, 2.45) is 0 Å². The maximum Gasteiger partial charge on any atom is 0.417 e. The van der Waals surface area contributed by atoms with Gasteiger partial charge in [-0.05, 0) is 17.7 Å².